The lowest BCUT2D eigenvalue weighted by atomic mass is 10.0. The standard InChI is InChI=1S/C24H47N2O/c1-3-5-6-7-8-9-10-11-12-13-14-15-16-17-18-19-24-25-20-21-26(24,4-2)22-23-27/h7-8,20-21,24-25,27H,3-6,9-19,22-23H2,1-2H3/q+1/b8-7+. The second-order valence-electron chi connectivity index (χ2n) is 8.24. The Labute approximate surface area is 169 Å². The van der Waals surface area contributed by atoms with Crippen LogP contribution in [-0.4, -0.2) is 35.5 Å². The van der Waals surface area contributed by atoms with Gasteiger partial charge in [0.2, 0.25) is 0 Å². The summed E-state index contributed by atoms with van der Waals surface area (Å²) in [5.74, 6) is 0. The van der Waals surface area contributed by atoms with E-state index < -0.39 is 0 Å². The van der Waals surface area contributed by atoms with Crippen LogP contribution in [0.25, 0.3) is 0 Å². The van der Waals surface area contributed by atoms with Crippen LogP contribution in [0.3, 0.4) is 0 Å². The average Bonchev–Trinajstić information content (AvgIpc) is 3.08. The van der Waals surface area contributed by atoms with E-state index in [-0.39, 0.29) is 6.61 Å². The molecule has 0 radical (unpaired) electrons. The lowest BCUT2D eigenvalue weighted by molar-refractivity contribution is -0.900. The molecule has 1 heterocycles. The third-order valence-electron chi connectivity index (χ3n) is 6.13. The van der Waals surface area contributed by atoms with Gasteiger partial charge in [0.25, 0.3) is 0 Å². The molecule has 0 fully saturated rings. The molecule has 2 atom stereocenters. The van der Waals surface area contributed by atoms with Gasteiger partial charge in [-0.1, -0.05) is 76.9 Å². The number of aliphatic hydroxyl groups is 1. The molecule has 0 saturated carbocycles. The van der Waals surface area contributed by atoms with Crippen LogP contribution in [0.1, 0.15) is 104 Å². The van der Waals surface area contributed by atoms with Gasteiger partial charge in [-0.3, -0.25) is 4.48 Å². The normalized spacial score (nSPS) is 22.0. The van der Waals surface area contributed by atoms with Crippen molar-refractivity contribution in [3.63, 3.8) is 0 Å². The Bertz CT molecular complexity index is 394. The lowest BCUT2D eigenvalue weighted by Gasteiger charge is -2.36. The van der Waals surface area contributed by atoms with Gasteiger partial charge in [-0.2, -0.15) is 0 Å². The molecule has 0 bridgehead atoms. The van der Waals surface area contributed by atoms with E-state index in [1.54, 1.807) is 0 Å². The molecule has 0 amide bonds. The maximum Gasteiger partial charge on any atom is 0.166 e. The molecule has 0 spiro atoms. The van der Waals surface area contributed by atoms with Crippen molar-refractivity contribution in [1.29, 1.82) is 0 Å². The van der Waals surface area contributed by atoms with E-state index in [1.807, 2.05) is 0 Å². The van der Waals surface area contributed by atoms with Gasteiger partial charge in [-0.05, 0) is 32.6 Å². The number of nitrogens with zero attached hydrogens (tertiary/aromatic N) is 1. The van der Waals surface area contributed by atoms with Gasteiger partial charge in [0.1, 0.15) is 12.7 Å². The summed E-state index contributed by atoms with van der Waals surface area (Å²) >= 11 is 0. The summed E-state index contributed by atoms with van der Waals surface area (Å²) in [7, 11) is 0. The molecule has 3 heteroatoms. The zero-order valence-electron chi connectivity index (χ0n) is 18.3. The topological polar surface area (TPSA) is 32.3 Å². The van der Waals surface area contributed by atoms with Gasteiger partial charge < -0.3 is 10.4 Å². The molecule has 2 N–H and O–H groups in total. The summed E-state index contributed by atoms with van der Waals surface area (Å²) < 4.78 is 0.907. The zero-order chi connectivity index (χ0) is 19.6. The third-order valence-corrected chi connectivity index (χ3v) is 6.13. The van der Waals surface area contributed by atoms with Gasteiger partial charge in [-0.15, -0.1) is 0 Å². The molecular formula is C24H47N2O+. The Morgan fingerprint density at radius 1 is 0.852 bits per heavy atom. The zero-order valence-corrected chi connectivity index (χ0v) is 18.3. The Hall–Kier alpha value is -0.800. The highest BCUT2D eigenvalue weighted by Gasteiger charge is 2.35. The number of quaternary nitrogens is 1. The monoisotopic (exact) mass is 379 g/mol. The smallest absolute Gasteiger partial charge is 0.166 e. The Morgan fingerprint density at radius 2 is 1.44 bits per heavy atom. The molecule has 158 valence electrons. The van der Waals surface area contributed by atoms with Crippen molar-refractivity contribution in [1.82, 2.24) is 5.32 Å². The van der Waals surface area contributed by atoms with Gasteiger partial charge in [0.15, 0.2) is 6.17 Å². The van der Waals surface area contributed by atoms with Crippen molar-refractivity contribution in [2.45, 2.75) is 110 Å². The van der Waals surface area contributed by atoms with Crippen LogP contribution in [0, 0.1) is 0 Å². The molecule has 1 aliphatic rings. The molecule has 0 aromatic carbocycles. The van der Waals surface area contributed by atoms with Crippen LogP contribution in [0.5, 0.6) is 0 Å². The molecule has 2 unspecified atom stereocenters. The highest BCUT2D eigenvalue weighted by Crippen LogP contribution is 2.22. The first-order chi connectivity index (χ1) is 13.3. The minimum Gasteiger partial charge on any atom is -0.390 e. The van der Waals surface area contributed by atoms with Crippen LogP contribution < -0.4 is 5.32 Å². The van der Waals surface area contributed by atoms with Crippen molar-refractivity contribution < 1.29 is 9.59 Å². The van der Waals surface area contributed by atoms with Gasteiger partial charge in [-0.25, -0.2) is 0 Å². The molecule has 0 saturated heterocycles. The molecule has 0 aliphatic carbocycles. The summed E-state index contributed by atoms with van der Waals surface area (Å²) in [6.07, 6.45) is 28.4. The van der Waals surface area contributed by atoms with Crippen LogP contribution in [0.2, 0.25) is 0 Å². The molecule has 0 aromatic heterocycles. The fourth-order valence-corrected chi connectivity index (χ4v) is 4.19. The van der Waals surface area contributed by atoms with Crippen molar-refractivity contribution >= 4 is 0 Å². The number of hydrogen-bond donors (Lipinski definition) is 2. The number of allylic oxidation sites excluding steroid dienone is 2. The Kier molecular flexibility index (Phi) is 14.5. The summed E-state index contributed by atoms with van der Waals surface area (Å²) in [4.78, 5) is 0. The summed E-state index contributed by atoms with van der Waals surface area (Å²) in [6, 6.07) is 0. The van der Waals surface area contributed by atoms with Crippen molar-refractivity contribution in [3.8, 4) is 0 Å². The third kappa shape index (κ3) is 10.4. The number of rotatable bonds is 18. The second kappa shape index (κ2) is 16.2. The highest BCUT2D eigenvalue weighted by atomic mass is 16.3. The van der Waals surface area contributed by atoms with E-state index in [1.165, 1.54) is 89.9 Å². The van der Waals surface area contributed by atoms with E-state index in [0.717, 1.165) is 17.6 Å². The number of unbranched alkanes of at least 4 members (excludes halogenated alkanes) is 11. The van der Waals surface area contributed by atoms with E-state index in [4.69, 9.17) is 0 Å². The largest absolute Gasteiger partial charge is 0.390 e. The minimum absolute atomic E-state index is 0.269. The quantitative estimate of drug-likeness (QED) is 0.167. The van der Waals surface area contributed by atoms with Crippen molar-refractivity contribution in [2.75, 3.05) is 19.7 Å². The van der Waals surface area contributed by atoms with Crippen LogP contribution >= 0.6 is 0 Å². The van der Waals surface area contributed by atoms with Crippen molar-refractivity contribution in [3.05, 3.63) is 24.6 Å². The molecule has 1 aliphatic heterocycles. The summed E-state index contributed by atoms with van der Waals surface area (Å²) in [6.45, 7) is 6.64. The lowest BCUT2D eigenvalue weighted by Crippen LogP contribution is -2.54. The van der Waals surface area contributed by atoms with Gasteiger partial charge >= 0.3 is 0 Å². The number of hydrogen-bond acceptors (Lipinski definition) is 2. The first-order valence-electron chi connectivity index (χ1n) is 11.8. The minimum atomic E-state index is 0.269. The second-order valence-corrected chi connectivity index (χ2v) is 8.24. The maximum atomic E-state index is 9.36. The molecule has 1 rings (SSSR count). The summed E-state index contributed by atoms with van der Waals surface area (Å²) in [5.41, 5.74) is 0. The van der Waals surface area contributed by atoms with E-state index in [2.05, 4.69) is 43.7 Å². The van der Waals surface area contributed by atoms with E-state index in [9.17, 15) is 5.11 Å². The number of likely N-dealkylation sites (N-methyl/N-ethyl adjacent to an activating group) is 1. The predicted molar refractivity (Wildman–Crippen MR) is 118 cm³/mol. The van der Waals surface area contributed by atoms with Crippen LogP contribution in [0.15, 0.2) is 24.6 Å². The first kappa shape index (κ1) is 24.2. The first-order valence-corrected chi connectivity index (χ1v) is 11.8. The van der Waals surface area contributed by atoms with Gasteiger partial charge in [0, 0.05) is 6.42 Å². The maximum absolute atomic E-state index is 9.36. The Morgan fingerprint density at radius 3 is 2.04 bits per heavy atom. The van der Waals surface area contributed by atoms with Crippen molar-refractivity contribution in [2.24, 2.45) is 0 Å². The predicted octanol–water partition coefficient (Wildman–Crippen LogP) is 6.25. The Balaban J connectivity index is 1.90. The summed E-state index contributed by atoms with van der Waals surface area (Å²) in [5, 5.41) is 12.9. The SMILES string of the molecule is CCCC/C=C/CCCCCCCCCCCC1NC=C[N+]1(CC)CCO. The molecule has 27 heavy (non-hydrogen) atoms. The molecule has 0 aromatic rings. The fourth-order valence-electron chi connectivity index (χ4n) is 4.19. The van der Waals surface area contributed by atoms with Gasteiger partial charge in [0.05, 0.1) is 19.4 Å². The number of aliphatic hydroxyl groups excluding tert-OH is 1. The van der Waals surface area contributed by atoms with Crippen LogP contribution in [0.4, 0.5) is 0 Å². The average molecular weight is 380 g/mol. The fraction of sp³-hybridized carbons (Fsp3) is 0.833. The van der Waals surface area contributed by atoms with Crippen LogP contribution in [-0.2, 0) is 0 Å². The van der Waals surface area contributed by atoms with E-state index >= 15 is 0 Å². The highest BCUT2D eigenvalue weighted by molar-refractivity contribution is 4.84. The van der Waals surface area contributed by atoms with E-state index in [0.29, 0.717) is 6.17 Å². The number of nitrogens with one attached hydrogen (secondary N) is 1. The molecular weight excluding hydrogens is 332 g/mol. The molecule has 3 nitrogen and oxygen atoms in total.